The van der Waals surface area contributed by atoms with Gasteiger partial charge >= 0.3 is 0 Å². The van der Waals surface area contributed by atoms with Crippen molar-refractivity contribution in [2.24, 2.45) is 0 Å². The first-order valence-corrected chi connectivity index (χ1v) is 6.28. The topological polar surface area (TPSA) is 50.7 Å². The molecule has 0 aliphatic rings. The van der Waals surface area contributed by atoms with Gasteiger partial charge in [0.1, 0.15) is 12.0 Å². The summed E-state index contributed by atoms with van der Waals surface area (Å²) in [6, 6.07) is 11.8. The predicted molar refractivity (Wildman–Crippen MR) is 75.3 cm³/mol. The number of benzene rings is 1. The Kier molecular flexibility index (Phi) is 2.71. The van der Waals surface area contributed by atoms with Crippen LogP contribution in [0.3, 0.4) is 0 Å². The SMILES string of the molecule is Cc1cc2c(=O)n(C(C)c3ccccc3)cnc2[nH]1. The van der Waals surface area contributed by atoms with Crippen LogP contribution in [0.5, 0.6) is 0 Å². The quantitative estimate of drug-likeness (QED) is 0.763. The molecule has 1 unspecified atom stereocenters. The molecular weight excluding hydrogens is 238 g/mol. The number of hydrogen-bond donors (Lipinski definition) is 1. The predicted octanol–water partition coefficient (Wildman–Crippen LogP) is 2.64. The van der Waals surface area contributed by atoms with Crippen LogP contribution in [0, 0.1) is 6.92 Å². The molecule has 2 aromatic heterocycles. The Balaban J connectivity index is 2.15. The molecule has 4 nitrogen and oxygen atoms in total. The van der Waals surface area contributed by atoms with E-state index in [1.807, 2.05) is 50.2 Å². The molecule has 0 bridgehead atoms. The number of aromatic amines is 1. The fourth-order valence-electron chi connectivity index (χ4n) is 2.32. The van der Waals surface area contributed by atoms with Crippen LogP contribution >= 0.6 is 0 Å². The third-order valence-corrected chi connectivity index (χ3v) is 3.41. The standard InChI is InChI=1S/C15H15N3O/c1-10-8-13-14(17-10)16-9-18(15(13)19)11(2)12-6-4-3-5-7-12/h3-9,11,17H,1-2H3. The van der Waals surface area contributed by atoms with E-state index in [0.717, 1.165) is 11.3 Å². The third kappa shape index (κ3) is 1.95. The van der Waals surface area contributed by atoms with Crippen molar-refractivity contribution in [3.05, 3.63) is 64.3 Å². The number of H-pyrrole nitrogens is 1. The number of fused-ring (bicyclic) bond motifs is 1. The van der Waals surface area contributed by atoms with Crippen LogP contribution in [0.4, 0.5) is 0 Å². The largest absolute Gasteiger partial charge is 0.343 e. The highest BCUT2D eigenvalue weighted by atomic mass is 16.1. The van der Waals surface area contributed by atoms with Crippen LogP contribution in [0.25, 0.3) is 11.0 Å². The molecule has 19 heavy (non-hydrogen) atoms. The monoisotopic (exact) mass is 253 g/mol. The molecule has 0 aliphatic carbocycles. The molecule has 1 N–H and O–H groups in total. The molecule has 96 valence electrons. The average Bonchev–Trinajstić information content (AvgIpc) is 2.81. The first kappa shape index (κ1) is 11.7. The van der Waals surface area contributed by atoms with Gasteiger partial charge in [0, 0.05) is 5.69 Å². The lowest BCUT2D eigenvalue weighted by Gasteiger charge is -2.14. The summed E-state index contributed by atoms with van der Waals surface area (Å²) in [7, 11) is 0. The van der Waals surface area contributed by atoms with Crippen molar-refractivity contribution in [3.8, 4) is 0 Å². The van der Waals surface area contributed by atoms with E-state index in [1.165, 1.54) is 0 Å². The number of aryl methyl sites for hydroxylation is 1. The van der Waals surface area contributed by atoms with Crippen molar-refractivity contribution >= 4 is 11.0 Å². The van der Waals surface area contributed by atoms with E-state index in [2.05, 4.69) is 9.97 Å². The Labute approximate surface area is 110 Å². The molecule has 0 aliphatic heterocycles. The summed E-state index contributed by atoms with van der Waals surface area (Å²) in [6.07, 6.45) is 1.61. The number of nitrogens with one attached hydrogen (secondary N) is 1. The van der Waals surface area contributed by atoms with E-state index in [1.54, 1.807) is 10.9 Å². The maximum Gasteiger partial charge on any atom is 0.263 e. The van der Waals surface area contributed by atoms with Crippen molar-refractivity contribution in [2.75, 3.05) is 0 Å². The lowest BCUT2D eigenvalue weighted by atomic mass is 10.1. The minimum atomic E-state index is -0.0270. The summed E-state index contributed by atoms with van der Waals surface area (Å²) in [4.78, 5) is 19.9. The lowest BCUT2D eigenvalue weighted by Crippen LogP contribution is -2.23. The van der Waals surface area contributed by atoms with Gasteiger partial charge in [-0.1, -0.05) is 30.3 Å². The van der Waals surface area contributed by atoms with Crippen LogP contribution in [0.1, 0.15) is 24.2 Å². The van der Waals surface area contributed by atoms with Gasteiger partial charge in [-0.05, 0) is 25.5 Å². The molecule has 3 rings (SSSR count). The zero-order valence-corrected chi connectivity index (χ0v) is 10.9. The average molecular weight is 253 g/mol. The van der Waals surface area contributed by atoms with Crippen LogP contribution in [0.15, 0.2) is 47.5 Å². The number of aromatic nitrogens is 3. The van der Waals surface area contributed by atoms with Gasteiger partial charge in [0.25, 0.3) is 5.56 Å². The second-order valence-electron chi connectivity index (χ2n) is 4.76. The van der Waals surface area contributed by atoms with Gasteiger partial charge in [0.05, 0.1) is 11.4 Å². The minimum absolute atomic E-state index is 0.00861. The zero-order chi connectivity index (χ0) is 13.4. The molecule has 0 fully saturated rings. The van der Waals surface area contributed by atoms with Crippen LogP contribution in [-0.4, -0.2) is 14.5 Å². The smallest absolute Gasteiger partial charge is 0.263 e. The molecule has 4 heteroatoms. The van der Waals surface area contributed by atoms with Gasteiger partial charge in [-0.15, -0.1) is 0 Å². The Morgan fingerprint density at radius 3 is 2.74 bits per heavy atom. The fraction of sp³-hybridized carbons (Fsp3) is 0.200. The van der Waals surface area contributed by atoms with Crippen molar-refractivity contribution in [1.29, 1.82) is 0 Å². The Hall–Kier alpha value is -2.36. The first-order chi connectivity index (χ1) is 9.16. The van der Waals surface area contributed by atoms with Crippen LogP contribution in [0.2, 0.25) is 0 Å². The van der Waals surface area contributed by atoms with E-state index in [-0.39, 0.29) is 11.6 Å². The van der Waals surface area contributed by atoms with Crippen molar-refractivity contribution in [1.82, 2.24) is 14.5 Å². The maximum absolute atomic E-state index is 12.5. The summed E-state index contributed by atoms with van der Waals surface area (Å²) in [5.41, 5.74) is 2.69. The Morgan fingerprint density at radius 2 is 2.00 bits per heavy atom. The van der Waals surface area contributed by atoms with Gasteiger partial charge in [-0.3, -0.25) is 9.36 Å². The second kappa shape index (κ2) is 4.39. The second-order valence-corrected chi connectivity index (χ2v) is 4.76. The molecule has 1 aromatic carbocycles. The first-order valence-electron chi connectivity index (χ1n) is 6.28. The van der Waals surface area contributed by atoms with E-state index in [9.17, 15) is 4.79 Å². The van der Waals surface area contributed by atoms with Crippen LogP contribution in [-0.2, 0) is 0 Å². The molecule has 0 radical (unpaired) electrons. The summed E-state index contributed by atoms with van der Waals surface area (Å²) >= 11 is 0. The summed E-state index contributed by atoms with van der Waals surface area (Å²) < 4.78 is 1.67. The number of rotatable bonds is 2. The van der Waals surface area contributed by atoms with Crippen molar-refractivity contribution < 1.29 is 0 Å². The molecule has 0 spiro atoms. The van der Waals surface area contributed by atoms with Crippen LogP contribution < -0.4 is 5.56 Å². The highest BCUT2D eigenvalue weighted by molar-refractivity contribution is 5.75. The van der Waals surface area contributed by atoms with Crippen molar-refractivity contribution in [3.63, 3.8) is 0 Å². The van der Waals surface area contributed by atoms with E-state index in [4.69, 9.17) is 0 Å². The van der Waals surface area contributed by atoms with E-state index < -0.39 is 0 Å². The normalized spacial score (nSPS) is 12.7. The van der Waals surface area contributed by atoms with Gasteiger partial charge in [-0.2, -0.15) is 0 Å². The minimum Gasteiger partial charge on any atom is -0.343 e. The van der Waals surface area contributed by atoms with Gasteiger partial charge < -0.3 is 4.98 Å². The molecule has 2 heterocycles. The highest BCUT2D eigenvalue weighted by Gasteiger charge is 2.12. The Bertz CT molecular complexity index is 771. The fourth-order valence-corrected chi connectivity index (χ4v) is 2.32. The molecule has 1 atom stereocenters. The van der Waals surface area contributed by atoms with Crippen molar-refractivity contribution in [2.45, 2.75) is 19.9 Å². The Morgan fingerprint density at radius 1 is 1.26 bits per heavy atom. The lowest BCUT2D eigenvalue weighted by molar-refractivity contribution is 0.609. The molecule has 0 saturated carbocycles. The summed E-state index contributed by atoms with van der Waals surface area (Å²) in [5, 5.41) is 0.641. The number of nitrogens with zero attached hydrogens (tertiary/aromatic N) is 2. The number of hydrogen-bond acceptors (Lipinski definition) is 2. The molecule has 0 saturated heterocycles. The summed E-state index contributed by atoms with van der Waals surface area (Å²) in [6.45, 7) is 3.93. The molecular formula is C15H15N3O. The molecule has 3 aromatic rings. The highest BCUT2D eigenvalue weighted by Crippen LogP contribution is 2.16. The third-order valence-electron chi connectivity index (χ3n) is 3.41. The van der Waals surface area contributed by atoms with Gasteiger partial charge in [-0.25, -0.2) is 4.98 Å². The van der Waals surface area contributed by atoms with Gasteiger partial charge in [0.15, 0.2) is 0 Å². The van der Waals surface area contributed by atoms with Gasteiger partial charge in [0.2, 0.25) is 0 Å². The van der Waals surface area contributed by atoms with E-state index in [0.29, 0.717) is 11.0 Å². The summed E-state index contributed by atoms with van der Waals surface area (Å²) in [5.74, 6) is 0. The van der Waals surface area contributed by atoms with E-state index >= 15 is 0 Å². The maximum atomic E-state index is 12.5. The molecule has 0 amide bonds. The zero-order valence-electron chi connectivity index (χ0n) is 10.9.